The van der Waals surface area contributed by atoms with E-state index in [0.717, 1.165) is 22.7 Å². The Labute approximate surface area is 337 Å². The summed E-state index contributed by atoms with van der Waals surface area (Å²) in [6.45, 7) is 0. The fraction of sp³-hybridized carbons (Fsp3) is 0.0182. The molecule has 0 aliphatic carbocycles. The van der Waals surface area contributed by atoms with Crippen molar-refractivity contribution in [1.82, 2.24) is 4.40 Å². The Hall–Kier alpha value is -7.62. The van der Waals surface area contributed by atoms with E-state index >= 15 is 0 Å². The smallest absolute Gasteiger partial charge is 0.175 e. The Morgan fingerprint density at radius 1 is 0.293 bits per heavy atom. The largest absolute Gasteiger partial charge is 0.308 e. The summed E-state index contributed by atoms with van der Waals surface area (Å²) < 4.78 is 2.50. The first-order valence-electron chi connectivity index (χ1n) is 20.0. The standard InChI is InChI=1S/C55H37N3/c1-5-18-38(19-6-1)40-22-15-28-44(34-40)57-52-36-49-48-32-17-31-47-46-30-13-14-33-50(46)56(54(47)48)51(49)37-53(52)58(45-29-16-23-41(35-45)39-20-7-2-8-21-39)55(57,42-24-9-3-10-25-42)43-26-11-4-12-27-43/h1-37H. The van der Waals surface area contributed by atoms with Crippen molar-refractivity contribution >= 4 is 60.8 Å². The van der Waals surface area contributed by atoms with Gasteiger partial charge in [-0.1, -0.05) is 182 Å². The van der Waals surface area contributed by atoms with E-state index in [4.69, 9.17) is 0 Å². The van der Waals surface area contributed by atoms with E-state index in [-0.39, 0.29) is 0 Å². The quantitative estimate of drug-likeness (QED) is 0.168. The molecular formula is C55H37N3. The third-order valence-corrected chi connectivity index (χ3v) is 12.2. The second-order valence-corrected chi connectivity index (χ2v) is 15.3. The molecule has 0 N–H and O–H groups in total. The van der Waals surface area contributed by atoms with E-state index in [2.05, 4.69) is 239 Å². The molecule has 272 valence electrons. The molecule has 0 radical (unpaired) electrons. The number of anilines is 4. The number of fused-ring (bicyclic) bond motifs is 7. The van der Waals surface area contributed by atoms with Crippen molar-refractivity contribution in [2.24, 2.45) is 0 Å². The van der Waals surface area contributed by atoms with Crippen molar-refractivity contribution < 1.29 is 0 Å². The van der Waals surface area contributed by atoms with Gasteiger partial charge in [0.25, 0.3) is 0 Å². The zero-order chi connectivity index (χ0) is 38.2. The molecule has 0 fully saturated rings. The second-order valence-electron chi connectivity index (χ2n) is 15.3. The average Bonchev–Trinajstić information content (AvgIpc) is 3.93. The molecule has 2 aromatic heterocycles. The number of rotatable bonds is 6. The van der Waals surface area contributed by atoms with Crippen LogP contribution < -0.4 is 9.80 Å². The van der Waals surface area contributed by atoms with Crippen molar-refractivity contribution in [2.45, 2.75) is 5.66 Å². The number of para-hydroxylation sites is 2. The Morgan fingerprint density at radius 2 is 0.724 bits per heavy atom. The lowest BCUT2D eigenvalue weighted by Crippen LogP contribution is -2.51. The van der Waals surface area contributed by atoms with Gasteiger partial charge in [-0.05, 0) is 64.7 Å². The van der Waals surface area contributed by atoms with Gasteiger partial charge in [-0.2, -0.15) is 0 Å². The first-order chi connectivity index (χ1) is 28.8. The third kappa shape index (κ3) is 4.62. The molecule has 1 aliphatic heterocycles. The van der Waals surface area contributed by atoms with E-state index in [0.29, 0.717) is 0 Å². The fourth-order valence-electron chi connectivity index (χ4n) is 9.85. The second kappa shape index (κ2) is 12.7. The third-order valence-electron chi connectivity index (χ3n) is 12.2. The number of hydrogen-bond donors (Lipinski definition) is 0. The van der Waals surface area contributed by atoms with Crippen molar-refractivity contribution in [3.63, 3.8) is 0 Å². The molecule has 0 saturated carbocycles. The minimum absolute atomic E-state index is 0.835. The first-order valence-corrected chi connectivity index (χ1v) is 20.0. The van der Waals surface area contributed by atoms with Gasteiger partial charge < -0.3 is 14.2 Å². The molecule has 0 amide bonds. The maximum absolute atomic E-state index is 2.61. The van der Waals surface area contributed by atoms with Gasteiger partial charge in [0, 0.05) is 44.0 Å². The van der Waals surface area contributed by atoms with E-state index < -0.39 is 5.66 Å². The van der Waals surface area contributed by atoms with Crippen LogP contribution >= 0.6 is 0 Å². The highest BCUT2D eigenvalue weighted by molar-refractivity contribution is 6.24. The Bertz CT molecular complexity index is 3240. The Morgan fingerprint density at radius 3 is 1.29 bits per heavy atom. The van der Waals surface area contributed by atoms with Crippen LogP contribution in [0.3, 0.4) is 0 Å². The van der Waals surface area contributed by atoms with Crippen molar-refractivity contribution in [1.29, 1.82) is 0 Å². The van der Waals surface area contributed by atoms with Gasteiger partial charge >= 0.3 is 0 Å². The summed E-state index contributed by atoms with van der Waals surface area (Å²) in [5, 5.41) is 5.07. The minimum Gasteiger partial charge on any atom is -0.308 e. The van der Waals surface area contributed by atoms with Crippen molar-refractivity contribution in [3.8, 4) is 22.3 Å². The normalized spacial score (nSPS) is 13.6. The van der Waals surface area contributed by atoms with E-state index in [1.807, 2.05) is 0 Å². The topological polar surface area (TPSA) is 10.9 Å². The van der Waals surface area contributed by atoms with Crippen molar-refractivity contribution in [2.75, 3.05) is 9.80 Å². The van der Waals surface area contributed by atoms with Gasteiger partial charge in [0.05, 0.1) is 27.9 Å². The van der Waals surface area contributed by atoms with Gasteiger partial charge in [-0.15, -0.1) is 0 Å². The summed E-state index contributed by atoms with van der Waals surface area (Å²) in [6, 6.07) is 82.4. The molecule has 9 aromatic carbocycles. The predicted octanol–water partition coefficient (Wildman–Crippen LogP) is 14.4. The zero-order valence-corrected chi connectivity index (χ0v) is 31.7. The van der Waals surface area contributed by atoms with Crippen molar-refractivity contribution in [3.05, 3.63) is 236 Å². The van der Waals surface area contributed by atoms with Crippen LogP contribution in [0.4, 0.5) is 22.7 Å². The molecular weight excluding hydrogens is 703 g/mol. The van der Waals surface area contributed by atoms with Gasteiger partial charge in [0.1, 0.15) is 0 Å². The summed E-state index contributed by atoms with van der Waals surface area (Å²) >= 11 is 0. The lowest BCUT2D eigenvalue weighted by atomic mass is 9.87. The van der Waals surface area contributed by atoms with Crippen LogP contribution in [-0.2, 0) is 5.66 Å². The highest BCUT2D eigenvalue weighted by atomic mass is 15.5. The van der Waals surface area contributed by atoms with Crippen LogP contribution in [0.25, 0.3) is 60.3 Å². The maximum atomic E-state index is 2.61. The molecule has 0 bridgehead atoms. The van der Waals surface area contributed by atoms with E-state index in [1.54, 1.807) is 0 Å². The highest BCUT2D eigenvalue weighted by Crippen LogP contribution is 2.61. The summed E-state index contributed by atoms with van der Waals surface area (Å²) in [7, 11) is 0. The van der Waals surface area contributed by atoms with Gasteiger partial charge in [-0.3, -0.25) is 0 Å². The predicted molar refractivity (Wildman–Crippen MR) is 243 cm³/mol. The summed E-state index contributed by atoms with van der Waals surface area (Å²) in [4.78, 5) is 5.22. The fourth-order valence-corrected chi connectivity index (χ4v) is 9.85. The maximum Gasteiger partial charge on any atom is 0.175 e. The Balaban J connectivity index is 1.25. The number of aromatic nitrogens is 1. The Kier molecular flexibility index (Phi) is 7.14. The first kappa shape index (κ1) is 32.6. The molecule has 0 unspecified atom stereocenters. The highest BCUT2D eigenvalue weighted by Gasteiger charge is 2.54. The summed E-state index contributed by atoms with van der Waals surface area (Å²) in [6.07, 6.45) is 0. The van der Waals surface area contributed by atoms with Crippen LogP contribution in [0.5, 0.6) is 0 Å². The monoisotopic (exact) mass is 739 g/mol. The van der Waals surface area contributed by atoms with Crippen LogP contribution in [-0.4, -0.2) is 4.40 Å². The molecule has 58 heavy (non-hydrogen) atoms. The molecule has 3 heterocycles. The van der Waals surface area contributed by atoms with Gasteiger partial charge in [0.2, 0.25) is 0 Å². The molecule has 0 atom stereocenters. The molecule has 0 spiro atoms. The molecule has 3 nitrogen and oxygen atoms in total. The lowest BCUT2D eigenvalue weighted by Gasteiger charge is -2.47. The van der Waals surface area contributed by atoms with Crippen LogP contribution in [0.2, 0.25) is 0 Å². The van der Waals surface area contributed by atoms with Crippen LogP contribution in [0.15, 0.2) is 224 Å². The molecule has 0 saturated heterocycles. The van der Waals surface area contributed by atoms with E-state index in [9.17, 15) is 0 Å². The summed E-state index contributed by atoms with van der Waals surface area (Å²) in [5.41, 5.74) is 14.4. The zero-order valence-electron chi connectivity index (χ0n) is 31.7. The van der Waals surface area contributed by atoms with E-state index in [1.165, 1.54) is 71.5 Å². The number of nitrogens with zero attached hydrogens (tertiary/aromatic N) is 3. The molecule has 1 aliphatic rings. The summed E-state index contributed by atoms with van der Waals surface area (Å²) in [5.74, 6) is 0. The minimum atomic E-state index is -0.835. The number of hydrogen-bond acceptors (Lipinski definition) is 2. The molecule has 3 heteroatoms. The number of benzene rings is 9. The SMILES string of the molecule is c1ccc(-c2cccc(N3c4cc5c6cccc7c8ccccc8n(c5cc4N(c4cccc(-c5ccccc5)c4)C3(c3ccccc3)c3ccccc3)c76)c2)cc1. The lowest BCUT2D eigenvalue weighted by molar-refractivity contribution is 0.560. The van der Waals surface area contributed by atoms with Gasteiger partial charge in [-0.25, -0.2) is 0 Å². The molecule has 11 aromatic rings. The van der Waals surface area contributed by atoms with Gasteiger partial charge in [0.15, 0.2) is 5.66 Å². The molecule has 12 rings (SSSR count). The van der Waals surface area contributed by atoms with Crippen LogP contribution in [0, 0.1) is 0 Å². The van der Waals surface area contributed by atoms with Crippen LogP contribution in [0.1, 0.15) is 11.1 Å². The average molecular weight is 740 g/mol.